The van der Waals surface area contributed by atoms with Crippen molar-refractivity contribution in [3.63, 3.8) is 0 Å². The van der Waals surface area contributed by atoms with Gasteiger partial charge in [0.05, 0.1) is 10.7 Å². The maximum absolute atomic E-state index is 11.9. The van der Waals surface area contributed by atoms with Crippen LogP contribution >= 0.6 is 11.6 Å². The monoisotopic (exact) mass is 227 g/mol. The van der Waals surface area contributed by atoms with Crippen LogP contribution in [0.5, 0.6) is 0 Å². The van der Waals surface area contributed by atoms with Crippen molar-refractivity contribution < 1.29 is 4.79 Å². The molecule has 1 aromatic heterocycles. The quantitative estimate of drug-likeness (QED) is 0.837. The lowest BCUT2D eigenvalue weighted by Crippen LogP contribution is -2.48. The van der Waals surface area contributed by atoms with Gasteiger partial charge in [0.15, 0.2) is 5.69 Å². The number of H-pyrrole nitrogens is 1. The van der Waals surface area contributed by atoms with Crippen molar-refractivity contribution >= 4 is 17.5 Å². The van der Waals surface area contributed by atoms with E-state index in [0.29, 0.717) is 16.6 Å². The highest BCUT2D eigenvalue weighted by Gasteiger charge is 2.30. The zero-order valence-corrected chi connectivity index (χ0v) is 9.64. The van der Waals surface area contributed by atoms with Gasteiger partial charge in [-0.15, -0.1) is 0 Å². The summed E-state index contributed by atoms with van der Waals surface area (Å²) in [6, 6.07) is 0. The summed E-state index contributed by atoms with van der Waals surface area (Å²) in [6.45, 7) is 5.71. The zero-order chi connectivity index (χ0) is 11.0. The molecule has 2 heterocycles. The Hall–Kier alpha value is -1.03. The average Bonchev–Trinajstić information content (AvgIpc) is 2.54. The maximum Gasteiger partial charge on any atom is 0.275 e. The number of aryl methyl sites for hydroxylation is 1. The van der Waals surface area contributed by atoms with Crippen LogP contribution in [0.4, 0.5) is 0 Å². The van der Waals surface area contributed by atoms with Crippen LogP contribution in [0, 0.1) is 5.92 Å². The number of hydrogen-bond acceptors (Lipinski definition) is 2. The Bertz CT molecular complexity index is 382. The SMILES string of the molecule is CCc1[nH]nc(C(=O)N2CC(C)C2)c1Cl. The smallest absolute Gasteiger partial charge is 0.275 e. The van der Waals surface area contributed by atoms with Crippen LogP contribution in [0.2, 0.25) is 5.02 Å². The number of nitrogens with zero attached hydrogens (tertiary/aromatic N) is 2. The molecule has 1 aliphatic rings. The summed E-state index contributed by atoms with van der Waals surface area (Å²) < 4.78 is 0. The Labute approximate surface area is 93.6 Å². The summed E-state index contributed by atoms with van der Waals surface area (Å²) in [4.78, 5) is 13.7. The number of aromatic amines is 1. The Balaban J connectivity index is 2.15. The molecule has 0 bridgehead atoms. The first-order chi connectivity index (χ1) is 7.13. The number of likely N-dealkylation sites (tertiary alicyclic amines) is 1. The molecule has 4 nitrogen and oxygen atoms in total. The Morgan fingerprint density at radius 3 is 2.80 bits per heavy atom. The van der Waals surface area contributed by atoms with Crippen molar-refractivity contribution in [2.75, 3.05) is 13.1 Å². The van der Waals surface area contributed by atoms with Crippen molar-refractivity contribution in [3.8, 4) is 0 Å². The number of hydrogen-bond donors (Lipinski definition) is 1. The average molecular weight is 228 g/mol. The van der Waals surface area contributed by atoms with Gasteiger partial charge in [-0.05, 0) is 12.3 Å². The van der Waals surface area contributed by atoms with E-state index in [1.807, 2.05) is 6.92 Å². The molecule has 1 saturated heterocycles. The third-order valence-corrected chi connectivity index (χ3v) is 3.09. The van der Waals surface area contributed by atoms with Crippen molar-refractivity contribution in [3.05, 3.63) is 16.4 Å². The molecule has 1 aliphatic heterocycles. The highest BCUT2D eigenvalue weighted by Crippen LogP contribution is 2.23. The van der Waals surface area contributed by atoms with Gasteiger partial charge in [-0.1, -0.05) is 25.4 Å². The van der Waals surface area contributed by atoms with Gasteiger partial charge < -0.3 is 4.90 Å². The van der Waals surface area contributed by atoms with Gasteiger partial charge in [-0.2, -0.15) is 5.10 Å². The molecular formula is C10H14ClN3O. The number of carbonyl (C=O) groups excluding carboxylic acids is 1. The summed E-state index contributed by atoms with van der Waals surface area (Å²) >= 11 is 6.04. The van der Waals surface area contributed by atoms with E-state index in [0.717, 1.165) is 25.2 Å². The number of amides is 1. The Morgan fingerprint density at radius 2 is 2.33 bits per heavy atom. The van der Waals surface area contributed by atoms with E-state index in [9.17, 15) is 4.79 Å². The predicted octanol–water partition coefficient (Wildman–Crippen LogP) is 1.72. The third-order valence-electron chi connectivity index (χ3n) is 2.68. The lowest BCUT2D eigenvalue weighted by atomic mass is 10.0. The van der Waals surface area contributed by atoms with E-state index >= 15 is 0 Å². The van der Waals surface area contributed by atoms with E-state index in [1.165, 1.54) is 0 Å². The summed E-state index contributed by atoms with van der Waals surface area (Å²) in [5.74, 6) is 0.534. The van der Waals surface area contributed by atoms with Crippen molar-refractivity contribution in [1.82, 2.24) is 15.1 Å². The summed E-state index contributed by atoms with van der Waals surface area (Å²) in [5.41, 5.74) is 1.19. The molecule has 0 unspecified atom stereocenters. The summed E-state index contributed by atoms with van der Waals surface area (Å²) in [7, 11) is 0. The predicted molar refractivity (Wildman–Crippen MR) is 58.0 cm³/mol. The number of aromatic nitrogens is 2. The van der Waals surface area contributed by atoms with Gasteiger partial charge in [0.1, 0.15) is 0 Å². The lowest BCUT2D eigenvalue weighted by Gasteiger charge is -2.36. The Kier molecular flexibility index (Phi) is 2.69. The molecule has 0 spiro atoms. The van der Waals surface area contributed by atoms with Crippen molar-refractivity contribution in [2.24, 2.45) is 5.92 Å². The van der Waals surface area contributed by atoms with Gasteiger partial charge in [0.2, 0.25) is 0 Å². The van der Waals surface area contributed by atoms with E-state index in [2.05, 4.69) is 17.1 Å². The molecule has 2 rings (SSSR count). The van der Waals surface area contributed by atoms with Crippen LogP contribution in [0.15, 0.2) is 0 Å². The number of nitrogens with one attached hydrogen (secondary N) is 1. The van der Waals surface area contributed by atoms with Crippen LogP contribution in [-0.2, 0) is 6.42 Å². The summed E-state index contributed by atoms with van der Waals surface area (Å²) in [6.07, 6.45) is 0.759. The van der Waals surface area contributed by atoms with E-state index in [1.54, 1.807) is 4.90 Å². The van der Waals surface area contributed by atoms with Crippen LogP contribution < -0.4 is 0 Å². The molecule has 0 atom stereocenters. The topological polar surface area (TPSA) is 49.0 Å². The minimum absolute atomic E-state index is 0.0611. The molecule has 1 fully saturated rings. The third kappa shape index (κ3) is 1.74. The first kappa shape index (κ1) is 10.5. The molecule has 1 N–H and O–H groups in total. The molecule has 82 valence electrons. The summed E-state index contributed by atoms with van der Waals surface area (Å²) in [5, 5.41) is 7.23. The minimum Gasteiger partial charge on any atom is -0.337 e. The van der Waals surface area contributed by atoms with Gasteiger partial charge in [0, 0.05) is 13.1 Å². The van der Waals surface area contributed by atoms with E-state index in [4.69, 9.17) is 11.6 Å². The molecule has 5 heteroatoms. The molecule has 0 radical (unpaired) electrons. The second-order valence-corrected chi connectivity index (χ2v) is 4.41. The zero-order valence-electron chi connectivity index (χ0n) is 8.88. The molecule has 0 saturated carbocycles. The van der Waals surface area contributed by atoms with Crippen LogP contribution in [0.1, 0.15) is 30.0 Å². The number of halogens is 1. The fourth-order valence-corrected chi connectivity index (χ4v) is 2.05. The normalized spacial score (nSPS) is 16.6. The van der Waals surface area contributed by atoms with Crippen molar-refractivity contribution in [1.29, 1.82) is 0 Å². The lowest BCUT2D eigenvalue weighted by molar-refractivity contribution is 0.0524. The highest BCUT2D eigenvalue weighted by molar-refractivity contribution is 6.34. The largest absolute Gasteiger partial charge is 0.337 e. The van der Waals surface area contributed by atoms with Gasteiger partial charge in [-0.3, -0.25) is 9.89 Å². The second-order valence-electron chi connectivity index (χ2n) is 4.03. The van der Waals surface area contributed by atoms with Crippen LogP contribution in [0.25, 0.3) is 0 Å². The first-order valence-electron chi connectivity index (χ1n) is 5.15. The van der Waals surface area contributed by atoms with Crippen molar-refractivity contribution in [2.45, 2.75) is 20.3 Å². The molecular weight excluding hydrogens is 214 g/mol. The van der Waals surface area contributed by atoms with Gasteiger partial charge in [-0.25, -0.2) is 0 Å². The minimum atomic E-state index is -0.0611. The van der Waals surface area contributed by atoms with Gasteiger partial charge >= 0.3 is 0 Å². The molecule has 0 aliphatic carbocycles. The second kappa shape index (κ2) is 3.85. The highest BCUT2D eigenvalue weighted by atomic mass is 35.5. The van der Waals surface area contributed by atoms with Gasteiger partial charge in [0.25, 0.3) is 5.91 Å². The fraction of sp³-hybridized carbons (Fsp3) is 0.600. The molecule has 15 heavy (non-hydrogen) atoms. The van der Waals surface area contributed by atoms with E-state index in [-0.39, 0.29) is 5.91 Å². The maximum atomic E-state index is 11.9. The standard InChI is InChI=1S/C10H14ClN3O/c1-3-7-8(11)9(13-12-7)10(15)14-4-6(2)5-14/h6H,3-5H2,1-2H3,(H,12,13). The first-order valence-corrected chi connectivity index (χ1v) is 5.53. The Morgan fingerprint density at radius 1 is 1.67 bits per heavy atom. The van der Waals surface area contributed by atoms with Crippen LogP contribution in [-0.4, -0.2) is 34.1 Å². The molecule has 1 amide bonds. The molecule has 1 aromatic rings. The molecule has 0 aromatic carbocycles. The van der Waals surface area contributed by atoms with E-state index < -0.39 is 0 Å². The fourth-order valence-electron chi connectivity index (χ4n) is 1.75. The number of rotatable bonds is 2. The van der Waals surface area contributed by atoms with Crippen LogP contribution in [0.3, 0.4) is 0 Å². The number of carbonyl (C=O) groups is 1.